The van der Waals surface area contributed by atoms with Gasteiger partial charge in [-0.3, -0.25) is 10.1 Å². The minimum Gasteiger partial charge on any atom is -0.292 e. The van der Waals surface area contributed by atoms with Gasteiger partial charge in [0.15, 0.2) is 18.4 Å². The molecule has 3 aromatic carbocycles. The highest BCUT2D eigenvalue weighted by Gasteiger charge is 2.52. The Kier molecular flexibility index (Phi) is 8.67. The highest BCUT2D eigenvalue weighted by Crippen LogP contribution is 2.62. The molecule has 0 bridgehead atoms. The van der Waals surface area contributed by atoms with Crippen molar-refractivity contribution in [3.63, 3.8) is 0 Å². The number of carbonyl (C=O) groups excluding carboxylic acids is 1. The maximum atomic E-state index is 13.1. The van der Waals surface area contributed by atoms with Gasteiger partial charge in [-0.1, -0.05) is 77.8 Å². The Bertz CT molecular complexity index is 868. The Morgan fingerprint density at radius 2 is 1.10 bits per heavy atom. The zero-order valence-corrected chi connectivity index (χ0v) is 18.5. The standard InChI is InChI=1S/C22H17Cl2FNOP.ClH/c23-21(24)22(26-20(27)16-25)28(17-10-4-1-5-11-17,18-12-6-2-7-13-18)19-14-8-3-9-15-19;/h1-15H,16H2;1H/p+1. The van der Waals surface area contributed by atoms with Crippen molar-refractivity contribution in [3.05, 3.63) is 101 Å². The van der Waals surface area contributed by atoms with Crippen molar-refractivity contribution in [1.82, 2.24) is 5.32 Å². The van der Waals surface area contributed by atoms with Gasteiger partial charge in [0.25, 0.3) is 5.91 Å². The summed E-state index contributed by atoms with van der Waals surface area (Å²) in [5, 5.41) is 5.49. The van der Waals surface area contributed by atoms with Crippen LogP contribution in [0, 0.1) is 0 Å². The average Bonchev–Trinajstić information content (AvgIpc) is 2.75. The second-order valence-corrected chi connectivity index (χ2v) is 10.3. The van der Waals surface area contributed by atoms with Gasteiger partial charge in [0.2, 0.25) is 5.44 Å². The Labute approximate surface area is 186 Å². The van der Waals surface area contributed by atoms with Crippen LogP contribution in [0.15, 0.2) is 101 Å². The monoisotopic (exact) mass is 468 g/mol. The summed E-state index contributed by atoms with van der Waals surface area (Å²) in [4.78, 5) is 12.0. The zero-order valence-electron chi connectivity index (χ0n) is 15.3. The third kappa shape index (κ3) is 4.82. The van der Waals surface area contributed by atoms with Crippen molar-refractivity contribution in [1.29, 1.82) is 0 Å². The maximum absolute atomic E-state index is 13.1. The molecule has 7 heteroatoms. The van der Waals surface area contributed by atoms with E-state index in [9.17, 15) is 9.18 Å². The third-order valence-corrected chi connectivity index (χ3v) is 9.19. The predicted octanol–water partition coefficient (Wildman–Crippen LogP) is 5.09. The first-order valence-corrected chi connectivity index (χ1v) is 11.1. The van der Waals surface area contributed by atoms with Gasteiger partial charge in [0.1, 0.15) is 15.9 Å². The van der Waals surface area contributed by atoms with Crippen LogP contribution in [0.2, 0.25) is 0 Å². The highest BCUT2D eigenvalue weighted by molar-refractivity contribution is 7.99. The SMILES string of the molecule is Cl.O=C(CF)NC(=C(Cl)Cl)[P+](c1ccccc1)(c1ccccc1)c1ccccc1. The quantitative estimate of drug-likeness (QED) is 0.501. The molecule has 0 aliphatic rings. The Morgan fingerprint density at radius 3 is 1.38 bits per heavy atom. The van der Waals surface area contributed by atoms with Crippen LogP contribution in [-0.2, 0) is 4.79 Å². The van der Waals surface area contributed by atoms with Crippen LogP contribution in [0.25, 0.3) is 0 Å². The molecular weight excluding hydrogens is 451 g/mol. The number of nitrogens with one attached hydrogen (secondary N) is 1. The number of rotatable bonds is 6. The molecule has 1 N–H and O–H groups in total. The Balaban J connectivity index is 0.00000300. The van der Waals surface area contributed by atoms with Gasteiger partial charge in [0.05, 0.1) is 0 Å². The number of alkyl halides is 1. The molecule has 29 heavy (non-hydrogen) atoms. The molecule has 0 atom stereocenters. The van der Waals surface area contributed by atoms with Gasteiger partial charge in [-0.05, 0) is 36.4 Å². The van der Waals surface area contributed by atoms with E-state index in [1.54, 1.807) is 0 Å². The van der Waals surface area contributed by atoms with Gasteiger partial charge in [-0.15, -0.1) is 12.4 Å². The summed E-state index contributed by atoms with van der Waals surface area (Å²) in [6.07, 6.45) is 0. The number of carbonyl (C=O) groups is 1. The van der Waals surface area contributed by atoms with Crippen LogP contribution in [0.4, 0.5) is 4.39 Å². The van der Waals surface area contributed by atoms with Crippen LogP contribution in [0.5, 0.6) is 0 Å². The summed E-state index contributed by atoms with van der Waals surface area (Å²) in [6.45, 7) is -1.16. The molecule has 0 aliphatic carbocycles. The van der Waals surface area contributed by atoms with Crippen molar-refractivity contribution in [2.24, 2.45) is 0 Å². The number of benzene rings is 3. The number of amides is 1. The molecule has 0 radical (unpaired) electrons. The minimum atomic E-state index is -2.67. The highest BCUT2D eigenvalue weighted by atomic mass is 35.5. The molecular formula is C22H19Cl3FNOP+. The number of hydrogen-bond acceptors (Lipinski definition) is 1. The lowest BCUT2D eigenvalue weighted by atomic mass is 10.4. The van der Waals surface area contributed by atoms with E-state index in [2.05, 4.69) is 5.32 Å². The molecule has 3 aromatic rings. The van der Waals surface area contributed by atoms with Gasteiger partial charge < -0.3 is 0 Å². The first kappa shape index (κ1) is 23.4. The average molecular weight is 470 g/mol. The summed E-state index contributed by atoms with van der Waals surface area (Å²) >= 11 is 12.6. The summed E-state index contributed by atoms with van der Waals surface area (Å²) in [5.41, 5.74) is 0.321. The second kappa shape index (κ2) is 10.8. The van der Waals surface area contributed by atoms with Gasteiger partial charge in [0, 0.05) is 0 Å². The molecule has 0 aliphatic heterocycles. The first-order valence-electron chi connectivity index (χ1n) is 8.58. The first-order chi connectivity index (χ1) is 13.6. The van der Waals surface area contributed by atoms with Crippen molar-refractivity contribution in [3.8, 4) is 0 Å². The zero-order chi connectivity index (χ0) is 20.0. The largest absolute Gasteiger partial charge is 0.292 e. The van der Waals surface area contributed by atoms with Crippen molar-refractivity contribution >= 4 is 64.7 Å². The third-order valence-electron chi connectivity index (χ3n) is 4.32. The molecule has 0 saturated heterocycles. The molecule has 0 spiro atoms. The summed E-state index contributed by atoms with van der Waals surface area (Å²) in [5.74, 6) is -0.791. The number of hydrogen-bond donors (Lipinski definition) is 1. The fraction of sp³-hybridized carbons (Fsp3) is 0.0455. The van der Waals surface area contributed by atoms with E-state index in [1.807, 2.05) is 91.0 Å². The van der Waals surface area contributed by atoms with E-state index >= 15 is 0 Å². The van der Waals surface area contributed by atoms with Crippen molar-refractivity contribution in [2.45, 2.75) is 0 Å². The summed E-state index contributed by atoms with van der Waals surface area (Å²) in [7, 11) is -2.67. The molecule has 0 unspecified atom stereocenters. The molecule has 0 heterocycles. The van der Waals surface area contributed by atoms with Crippen LogP contribution >= 0.6 is 42.9 Å². The van der Waals surface area contributed by atoms with Gasteiger partial charge in [-0.2, -0.15) is 0 Å². The predicted molar refractivity (Wildman–Crippen MR) is 125 cm³/mol. The van der Waals surface area contributed by atoms with Crippen LogP contribution in [-0.4, -0.2) is 12.6 Å². The van der Waals surface area contributed by atoms with Gasteiger partial charge >= 0.3 is 0 Å². The fourth-order valence-corrected chi connectivity index (χ4v) is 8.14. The lowest BCUT2D eigenvalue weighted by Crippen LogP contribution is -2.39. The van der Waals surface area contributed by atoms with E-state index < -0.39 is 19.8 Å². The molecule has 0 saturated carbocycles. The van der Waals surface area contributed by atoms with Crippen LogP contribution < -0.4 is 21.2 Å². The van der Waals surface area contributed by atoms with E-state index in [4.69, 9.17) is 23.2 Å². The van der Waals surface area contributed by atoms with Gasteiger partial charge in [-0.25, -0.2) is 4.39 Å². The molecule has 150 valence electrons. The van der Waals surface area contributed by atoms with E-state index in [1.165, 1.54) is 0 Å². The van der Waals surface area contributed by atoms with Crippen LogP contribution in [0.1, 0.15) is 0 Å². The summed E-state index contributed by atoms with van der Waals surface area (Å²) in [6, 6.07) is 29.2. The molecule has 2 nitrogen and oxygen atoms in total. The Hall–Kier alpha value is -1.90. The topological polar surface area (TPSA) is 29.1 Å². The molecule has 0 fully saturated rings. The van der Waals surface area contributed by atoms with Crippen molar-refractivity contribution < 1.29 is 9.18 Å². The van der Waals surface area contributed by atoms with E-state index in [-0.39, 0.29) is 16.9 Å². The number of halogens is 4. The fourth-order valence-electron chi connectivity index (χ4n) is 3.21. The van der Waals surface area contributed by atoms with E-state index in [0.717, 1.165) is 15.9 Å². The Morgan fingerprint density at radius 1 is 0.759 bits per heavy atom. The molecule has 3 rings (SSSR count). The summed E-state index contributed by atoms with van der Waals surface area (Å²) < 4.78 is 13.0. The van der Waals surface area contributed by atoms with Crippen molar-refractivity contribution in [2.75, 3.05) is 6.67 Å². The maximum Gasteiger partial charge on any atom is 0.258 e. The molecule has 1 amide bonds. The molecule has 0 aromatic heterocycles. The normalized spacial score (nSPS) is 10.6. The van der Waals surface area contributed by atoms with Crippen LogP contribution in [0.3, 0.4) is 0 Å². The lowest BCUT2D eigenvalue weighted by Gasteiger charge is -2.29. The minimum absolute atomic E-state index is 0. The second-order valence-electron chi connectivity index (χ2n) is 5.97. The smallest absolute Gasteiger partial charge is 0.258 e. The lowest BCUT2D eigenvalue weighted by molar-refractivity contribution is -0.121. The van der Waals surface area contributed by atoms with E-state index in [0.29, 0.717) is 5.44 Å².